The van der Waals surface area contributed by atoms with Crippen molar-refractivity contribution in [1.82, 2.24) is 19.1 Å². The lowest BCUT2D eigenvalue weighted by Gasteiger charge is -2.38. The maximum atomic E-state index is 12.8. The van der Waals surface area contributed by atoms with E-state index < -0.39 is 25.9 Å². The molecule has 1 aliphatic rings. The molecule has 0 N–H and O–H groups in total. The highest BCUT2D eigenvalue weighted by molar-refractivity contribution is 7.90. The summed E-state index contributed by atoms with van der Waals surface area (Å²) in [6.45, 7) is 7.15. The Morgan fingerprint density at radius 3 is 2.58 bits per heavy atom. The highest BCUT2D eigenvalue weighted by Crippen LogP contribution is 2.19. The van der Waals surface area contributed by atoms with Crippen molar-refractivity contribution in [2.75, 3.05) is 51.3 Å². The number of nitrogens with zero attached hydrogens (tertiary/aromatic N) is 4. The van der Waals surface area contributed by atoms with Gasteiger partial charge in [0.1, 0.15) is 21.0 Å². The molecule has 2 heterocycles. The molecule has 0 bridgehead atoms. The number of pyridine rings is 1. The lowest BCUT2D eigenvalue weighted by Crippen LogP contribution is -2.55. The van der Waals surface area contributed by atoms with Gasteiger partial charge < -0.3 is 4.79 Å². The highest BCUT2D eigenvalue weighted by atomic mass is 32.2. The van der Waals surface area contributed by atoms with E-state index in [-0.39, 0.29) is 23.2 Å². The number of aromatic nitrogens is 1. The van der Waals surface area contributed by atoms with E-state index >= 15 is 0 Å². The maximum Gasteiger partial charge on any atom is 0.244 e. The maximum absolute atomic E-state index is 12.8. The smallest absolute Gasteiger partial charge is 0.244 e. The molecule has 0 saturated carbocycles. The lowest BCUT2D eigenvalue weighted by molar-refractivity contribution is -0.113. The predicted octanol–water partition coefficient (Wildman–Crippen LogP) is 0.491. The zero-order valence-corrected chi connectivity index (χ0v) is 20.2. The van der Waals surface area contributed by atoms with Crippen LogP contribution in [0.1, 0.15) is 26.7 Å². The summed E-state index contributed by atoms with van der Waals surface area (Å²) in [5, 5.41) is 0. The van der Waals surface area contributed by atoms with Crippen molar-refractivity contribution in [2.45, 2.75) is 43.7 Å². The number of sulfonamides is 1. The van der Waals surface area contributed by atoms with Crippen LogP contribution in [0.5, 0.6) is 0 Å². The van der Waals surface area contributed by atoms with Crippen LogP contribution in [-0.4, -0.2) is 106 Å². The normalized spacial score (nSPS) is 20.1. The molecule has 0 amide bonds. The number of rotatable bonds is 12. The van der Waals surface area contributed by atoms with Crippen LogP contribution in [0.15, 0.2) is 29.4 Å². The minimum atomic E-state index is -3.66. The number of hydrogen-bond donors (Lipinski definition) is 0. The molecule has 9 nitrogen and oxygen atoms in total. The molecule has 1 aromatic rings. The van der Waals surface area contributed by atoms with Gasteiger partial charge in [-0.25, -0.2) is 16.8 Å². The number of carbonyl (C=O) groups is 1. The van der Waals surface area contributed by atoms with Gasteiger partial charge in [-0.2, -0.15) is 4.31 Å². The van der Waals surface area contributed by atoms with Gasteiger partial charge >= 0.3 is 0 Å². The Labute approximate surface area is 186 Å². The van der Waals surface area contributed by atoms with Crippen LogP contribution in [0.4, 0.5) is 0 Å². The Kier molecular flexibility index (Phi) is 9.56. The molecular weight excluding hydrogens is 440 g/mol. The van der Waals surface area contributed by atoms with Crippen LogP contribution in [0, 0.1) is 0 Å². The molecule has 0 radical (unpaired) electrons. The second kappa shape index (κ2) is 11.5. The molecular formula is C20H34N4O5S2. The first kappa shape index (κ1) is 25.9. The monoisotopic (exact) mass is 474 g/mol. The third-order valence-corrected chi connectivity index (χ3v) is 8.58. The van der Waals surface area contributed by atoms with Gasteiger partial charge in [0, 0.05) is 44.3 Å². The molecule has 31 heavy (non-hydrogen) atoms. The topological polar surface area (TPSA) is 108 Å². The summed E-state index contributed by atoms with van der Waals surface area (Å²) in [6, 6.07) is 2.57. The van der Waals surface area contributed by atoms with Crippen LogP contribution in [-0.2, 0) is 24.7 Å². The molecule has 0 aliphatic carbocycles. The molecule has 1 aliphatic heterocycles. The Hall–Kier alpha value is -1.40. The molecule has 11 heteroatoms. The molecule has 176 valence electrons. The van der Waals surface area contributed by atoms with Crippen molar-refractivity contribution in [2.24, 2.45) is 0 Å². The van der Waals surface area contributed by atoms with Gasteiger partial charge in [-0.3, -0.25) is 14.8 Å². The van der Waals surface area contributed by atoms with E-state index in [0.717, 1.165) is 32.2 Å². The van der Waals surface area contributed by atoms with Gasteiger partial charge in [-0.1, -0.05) is 6.92 Å². The molecule has 2 unspecified atom stereocenters. The van der Waals surface area contributed by atoms with Gasteiger partial charge in [0.25, 0.3) is 0 Å². The van der Waals surface area contributed by atoms with Crippen LogP contribution in [0.25, 0.3) is 0 Å². The van der Waals surface area contributed by atoms with Crippen LogP contribution >= 0.6 is 0 Å². The van der Waals surface area contributed by atoms with Gasteiger partial charge in [0.2, 0.25) is 10.0 Å². The standard InChI is InChI=1S/C20H34N4O5S2/c1-4-22(18(2)17-30(3,26)27)10-5-6-11-23-12-13-24(15-19(23)16-25)31(28,29)20-8-7-9-21-14-20/h7-9,14,16,18-19H,4-6,10-13,15,17H2,1-3H3. The summed E-state index contributed by atoms with van der Waals surface area (Å²) < 4.78 is 50.0. The van der Waals surface area contributed by atoms with E-state index in [4.69, 9.17) is 0 Å². The summed E-state index contributed by atoms with van der Waals surface area (Å²) in [5.74, 6) is 0.140. The second-order valence-corrected chi connectivity index (χ2v) is 12.2. The first-order valence-corrected chi connectivity index (χ1v) is 14.1. The summed E-state index contributed by atoms with van der Waals surface area (Å²) in [4.78, 5) is 19.8. The molecule has 2 atom stereocenters. The average Bonchev–Trinajstić information content (AvgIpc) is 2.73. The van der Waals surface area contributed by atoms with Gasteiger partial charge in [-0.05, 0) is 51.5 Å². The van der Waals surface area contributed by atoms with E-state index in [9.17, 15) is 21.6 Å². The summed E-state index contributed by atoms with van der Waals surface area (Å²) in [7, 11) is -6.68. The second-order valence-electron chi connectivity index (χ2n) is 8.07. The Bertz CT molecular complexity index is 909. The Balaban J connectivity index is 1.85. The Morgan fingerprint density at radius 2 is 2.00 bits per heavy atom. The number of sulfone groups is 1. The molecule has 1 fully saturated rings. The summed E-state index contributed by atoms with van der Waals surface area (Å²) in [5.41, 5.74) is 0. The van der Waals surface area contributed by atoms with Gasteiger partial charge in [0.15, 0.2) is 0 Å². The molecule has 1 aromatic heterocycles. The first-order chi connectivity index (χ1) is 14.6. The van der Waals surface area contributed by atoms with E-state index in [1.807, 2.05) is 18.7 Å². The third-order valence-electron chi connectivity index (χ3n) is 5.64. The zero-order valence-electron chi connectivity index (χ0n) is 18.6. The largest absolute Gasteiger partial charge is 0.302 e. The average molecular weight is 475 g/mol. The van der Waals surface area contributed by atoms with Crippen molar-refractivity contribution in [3.8, 4) is 0 Å². The van der Waals surface area contributed by atoms with Crippen molar-refractivity contribution < 1.29 is 21.6 Å². The summed E-state index contributed by atoms with van der Waals surface area (Å²) >= 11 is 0. The minimum absolute atomic E-state index is 0.0380. The number of hydrogen-bond acceptors (Lipinski definition) is 8. The van der Waals surface area contributed by atoms with Crippen molar-refractivity contribution in [1.29, 1.82) is 0 Å². The quantitative estimate of drug-likeness (QED) is 0.318. The number of aldehydes is 1. The minimum Gasteiger partial charge on any atom is -0.302 e. The number of unbranched alkanes of at least 4 members (excludes halogenated alkanes) is 1. The number of carbonyl (C=O) groups excluding carboxylic acids is 1. The van der Waals surface area contributed by atoms with Crippen LogP contribution < -0.4 is 0 Å². The van der Waals surface area contributed by atoms with Crippen LogP contribution in [0.2, 0.25) is 0 Å². The fraction of sp³-hybridized carbons (Fsp3) is 0.700. The van der Waals surface area contributed by atoms with Crippen molar-refractivity contribution in [3.63, 3.8) is 0 Å². The molecule has 0 aromatic carbocycles. The van der Waals surface area contributed by atoms with E-state index in [1.165, 1.54) is 29.0 Å². The Morgan fingerprint density at radius 1 is 1.26 bits per heavy atom. The third kappa shape index (κ3) is 7.60. The molecule has 2 rings (SSSR count). The number of piperazine rings is 1. The lowest BCUT2D eigenvalue weighted by atomic mass is 10.1. The molecule has 0 spiro atoms. The predicted molar refractivity (Wildman–Crippen MR) is 120 cm³/mol. The van der Waals surface area contributed by atoms with E-state index in [0.29, 0.717) is 19.6 Å². The highest BCUT2D eigenvalue weighted by Gasteiger charge is 2.34. The van der Waals surface area contributed by atoms with Gasteiger partial charge in [0.05, 0.1) is 11.8 Å². The SMILES string of the molecule is CCN(CCCCN1CCN(S(=O)(=O)c2cccnc2)CC1C=O)C(C)CS(C)(=O)=O. The first-order valence-electron chi connectivity index (χ1n) is 10.6. The molecule has 1 saturated heterocycles. The zero-order chi connectivity index (χ0) is 23.1. The summed E-state index contributed by atoms with van der Waals surface area (Å²) in [6.07, 6.45) is 6.64. The van der Waals surface area contributed by atoms with Gasteiger partial charge in [-0.15, -0.1) is 0 Å². The van der Waals surface area contributed by atoms with E-state index in [1.54, 1.807) is 6.07 Å². The van der Waals surface area contributed by atoms with Crippen LogP contribution in [0.3, 0.4) is 0 Å². The van der Waals surface area contributed by atoms with E-state index in [2.05, 4.69) is 9.88 Å². The fourth-order valence-electron chi connectivity index (χ4n) is 3.96. The van der Waals surface area contributed by atoms with Crippen molar-refractivity contribution in [3.05, 3.63) is 24.5 Å². The fourth-order valence-corrected chi connectivity index (χ4v) is 6.46. The van der Waals surface area contributed by atoms with Crippen molar-refractivity contribution >= 4 is 26.1 Å².